The highest BCUT2D eigenvalue weighted by Crippen LogP contribution is 2.26. The van der Waals surface area contributed by atoms with Crippen LogP contribution in [-0.2, 0) is 6.54 Å². The maximum absolute atomic E-state index is 4.14. The van der Waals surface area contributed by atoms with Gasteiger partial charge in [-0.15, -0.1) is 11.3 Å². The molecule has 1 aliphatic heterocycles. The maximum Gasteiger partial charge on any atom is 0.0991 e. The van der Waals surface area contributed by atoms with Crippen LogP contribution in [0.2, 0.25) is 0 Å². The molecule has 1 fully saturated rings. The zero-order chi connectivity index (χ0) is 15.5. The summed E-state index contributed by atoms with van der Waals surface area (Å²) in [5.74, 6) is 0. The standard InChI is InChI=1S/C17H19N5S/c1-3-18-4-2-14(1)17-10-19-5-7-21(17)11-16-9-15(12-23-16)22-8-6-20-13-22/h1-4,6,8-9,12-13,17,19H,5,7,10-11H2. The molecule has 3 aromatic rings. The van der Waals surface area contributed by atoms with Crippen LogP contribution in [0.5, 0.6) is 0 Å². The SMILES string of the molecule is c1cc(C2CNCCN2Cc2cc(-n3ccnc3)cs2)ccn1. The Morgan fingerprint density at radius 3 is 2.96 bits per heavy atom. The summed E-state index contributed by atoms with van der Waals surface area (Å²) in [6.07, 6.45) is 9.40. The third-order valence-corrected chi connectivity index (χ3v) is 5.16. The third kappa shape index (κ3) is 3.19. The van der Waals surface area contributed by atoms with Gasteiger partial charge in [0.1, 0.15) is 0 Å². The van der Waals surface area contributed by atoms with Gasteiger partial charge in [-0.05, 0) is 23.8 Å². The van der Waals surface area contributed by atoms with Gasteiger partial charge in [-0.25, -0.2) is 4.98 Å². The Labute approximate surface area is 139 Å². The van der Waals surface area contributed by atoms with Crippen molar-refractivity contribution >= 4 is 11.3 Å². The fourth-order valence-corrected chi connectivity index (χ4v) is 3.94. The molecular formula is C17H19N5S. The van der Waals surface area contributed by atoms with Crippen LogP contribution in [0.1, 0.15) is 16.5 Å². The van der Waals surface area contributed by atoms with E-state index < -0.39 is 0 Å². The molecule has 0 aromatic carbocycles. The topological polar surface area (TPSA) is 46.0 Å². The summed E-state index contributed by atoms with van der Waals surface area (Å²) >= 11 is 1.82. The lowest BCUT2D eigenvalue weighted by Gasteiger charge is -2.36. The predicted molar refractivity (Wildman–Crippen MR) is 91.7 cm³/mol. The van der Waals surface area contributed by atoms with E-state index in [1.807, 2.05) is 42.5 Å². The Morgan fingerprint density at radius 1 is 1.22 bits per heavy atom. The summed E-state index contributed by atoms with van der Waals surface area (Å²) in [5, 5.41) is 5.70. The molecule has 0 amide bonds. The maximum atomic E-state index is 4.14. The Hall–Kier alpha value is -2.02. The summed E-state index contributed by atoms with van der Waals surface area (Å²) in [5.41, 5.74) is 2.52. The Balaban J connectivity index is 1.52. The number of nitrogens with one attached hydrogen (secondary N) is 1. The Bertz CT molecular complexity index is 737. The van der Waals surface area contributed by atoms with E-state index in [-0.39, 0.29) is 0 Å². The van der Waals surface area contributed by atoms with E-state index in [0.29, 0.717) is 6.04 Å². The minimum atomic E-state index is 0.408. The van der Waals surface area contributed by atoms with Crippen LogP contribution in [0.15, 0.2) is 54.7 Å². The summed E-state index contributed by atoms with van der Waals surface area (Å²) in [4.78, 5) is 12.2. The summed E-state index contributed by atoms with van der Waals surface area (Å²) in [6.45, 7) is 4.07. The van der Waals surface area contributed by atoms with Crippen LogP contribution in [0.4, 0.5) is 0 Å². The van der Waals surface area contributed by atoms with Gasteiger partial charge < -0.3 is 9.88 Å². The average molecular weight is 325 g/mol. The highest BCUT2D eigenvalue weighted by atomic mass is 32.1. The number of piperazine rings is 1. The molecule has 0 bridgehead atoms. The lowest BCUT2D eigenvalue weighted by molar-refractivity contribution is 0.155. The predicted octanol–water partition coefficient (Wildman–Crippen LogP) is 2.48. The molecule has 5 nitrogen and oxygen atoms in total. The van der Waals surface area contributed by atoms with Gasteiger partial charge in [0.05, 0.1) is 12.0 Å². The minimum Gasteiger partial charge on any atom is -0.314 e. The molecule has 4 heterocycles. The van der Waals surface area contributed by atoms with Gasteiger partial charge in [-0.2, -0.15) is 0 Å². The number of hydrogen-bond acceptors (Lipinski definition) is 5. The van der Waals surface area contributed by atoms with Crippen molar-refractivity contribution in [2.45, 2.75) is 12.6 Å². The monoisotopic (exact) mass is 325 g/mol. The van der Waals surface area contributed by atoms with Crippen molar-refractivity contribution in [2.24, 2.45) is 0 Å². The van der Waals surface area contributed by atoms with Crippen molar-refractivity contribution in [3.05, 3.63) is 65.1 Å². The van der Waals surface area contributed by atoms with Crippen LogP contribution in [0, 0.1) is 0 Å². The molecule has 1 saturated heterocycles. The molecule has 6 heteroatoms. The number of pyridine rings is 1. The molecule has 0 saturated carbocycles. The zero-order valence-corrected chi connectivity index (χ0v) is 13.6. The molecule has 1 N–H and O–H groups in total. The number of imidazole rings is 1. The van der Waals surface area contributed by atoms with Crippen molar-refractivity contribution in [3.8, 4) is 5.69 Å². The molecular weight excluding hydrogens is 306 g/mol. The van der Waals surface area contributed by atoms with Gasteiger partial charge in [0.2, 0.25) is 0 Å². The quantitative estimate of drug-likeness (QED) is 0.800. The molecule has 118 valence electrons. The Morgan fingerprint density at radius 2 is 2.13 bits per heavy atom. The lowest BCUT2D eigenvalue weighted by Crippen LogP contribution is -2.45. The van der Waals surface area contributed by atoms with Crippen molar-refractivity contribution in [1.82, 2.24) is 24.8 Å². The second-order valence-electron chi connectivity index (χ2n) is 5.71. The van der Waals surface area contributed by atoms with Crippen LogP contribution in [-0.4, -0.2) is 39.1 Å². The van der Waals surface area contributed by atoms with E-state index in [1.165, 1.54) is 16.1 Å². The normalized spacial score (nSPS) is 19.0. The molecule has 4 rings (SSSR count). The number of aromatic nitrogens is 3. The molecule has 3 aromatic heterocycles. The van der Waals surface area contributed by atoms with Gasteiger partial charge >= 0.3 is 0 Å². The van der Waals surface area contributed by atoms with Crippen LogP contribution < -0.4 is 5.32 Å². The van der Waals surface area contributed by atoms with E-state index in [4.69, 9.17) is 0 Å². The van der Waals surface area contributed by atoms with Crippen molar-refractivity contribution < 1.29 is 0 Å². The van der Waals surface area contributed by atoms with Gasteiger partial charge in [0.25, 0.3) is 0 Å². The van der Waals surface area contributed by atoms with E-state index in [1.54, 1.807) is 0 Å². The Kier molecular flexibility index (Phi) is 4.19. The molecule has 23 heavy (non-hydrogen) atoms. The largest absolute Gasteiger partial charge is 0.314 e. The number of thiophene rings is 1. The molecule has 0 spiro atoms. The van der Waals surface area contributed by atoms with Crippen molar-refractivity contribution in [1.29, 1.82) is 0 Å². The summed E-state index contributed by atoms with van der Waals surface area (Å²) < 4.78 is 2.05. The van der Waals surface area contributed by atoms with Crippen molar-refractivity contribution in [3.63, 3.8) is 0 Å². The van der Waals surface area contributed by atoms with Gasteiger partial charge in [0, 0.05) is 67.3 Å². The van der Waals surface area contributed by atoms with Crippen LogP contribution in [0.3, 0.4) is 0 Å². The van der Waals surface area contributed by atoms with Gasteiger partial charge in [0.15, 0.2) is 0 Å². The third-order valence-electron chi connectivity index (χ3n) is 4.25. The molecule has 0 aliphatic carbocycles. The van der Waals surface area contributed by atoms with Crippen LogP contribution >= 0.6 is 11.3 Å². The first kappa shape index (κ1) is 14.6. The van der Waals surface area contributed by atoms with E-state index in [9.17, 15) is 0 Å². The molecule has 1 atom stereocenters. The van der Waals surface area contributed by atoms with Crippen molar-refractivity contribution in [2.75, 3.05) is 19.6 Å². The van der Waals surface area contributed by atoms with E-state index in [0.717, 1.165) is 26.2 Å². The first-order chi connectivity index (χ1) is 11.4. The fraction of sp³-hybridized carbons (Fsp3) is 0.294. The van der Waals surface area contributed by atoms with E-state index >= 15 is 0 Å². The molecule has 1 unspecified atom stereocenters. The highest BCUT2D eigenvalue weighted by Gasteiger charge is 2.24. The first-order valence-corrected chi connectivity index (χ1v) is 8.68. The highest BCUT2D eigenvalue weighted by molar-refractivity contribution is 7.10. The van der Waals surface area contributed by atoms with Crippen LogP contribution in [0.25, 0.3) is 5.69 Å². The minimum absolute atomic E-state index is 0.408. The number of nitrogens with zero attached hydrogens (tertiary/aromatic N) is 4. The smallest absolute Gasteiger partial charge is 0.0991 e. The zero-order valence-electron chi connectivity index (χ0n) is 12.8. The second kappa shape index (κ2) is 6.62. The summed E-state index contributed by atoms with van der Waals surface area (Å²) in [7, 11) is 0. The molecule has 0 radical (unpaired) electrons. The first-order valence-electron chi connectivity index (χ1n) is 7.80. The average Bonchev–Trinajstić information content (AvgIpc) is 3.27. The fourth-order valence-electron chi connectivity index (χ4n) is 3.05. The number of hydrogen-bond donors (Lipinski definition) is 1. The summed E-state index contributed by atoms with van der Waals surface area (Å²) in [6, 6.07) is 6.91. The second-order valence-corrected chi connectivity index (χ2v) is 6.71. The molecule has 1 aliphatic rings. The lowest BCUT2D eigenvalue weighted by atomic mass is 10.0. The van der Waals surface area contributed by atoms with Gasteiger partial charge in [-0.1, -0.05) is 0 Å². The van der Waals surface area contributed by atoms with E-state index in [2.05, 4.69) is 48.3 Å². The number of rotatable bonds is 4. The van der Waals surface area contributed by atoms with Gasteiger partial charge in [-0.3, -0.25) is 9.88 Å².